The molecule has 0 unspecified atom stereocenters. The van der Waals surface area contributed by atoms with Gasteiger partial charge in [-0.25, -0.2) is 18.4 Å². The molecule has 1 aromatic rings. The summed E-state index contributed by atoms with van der Waals surface area (Å²) in [6, 6.07) is 0. The van der Waals surface area contributed by atoms with E-state index in [9.17, 15) is 8.42 Å². The number of hydrogen-bond acceptors (Lipinski definition) is 4. The number of rotatable bonds is 0. The van der Waals surface area contributed by atoms with Gasteiger partial charge in [0.25, 0.3) is 0 Å². The average Bonchev–Trinajstić information content (AvgIpc) is 2.21. The molecule has 0 aromatic carbocycles. The van der Waals surface area contributed by atoms with Gasteiger partial charge in [-0.3, -0.25) is 0 Å². The van der Waals surface area contributed by atoms with Crippen molar-refractivity contribution in [2.24, 2.45) is 0 Å². The molecule has 0 aliphatic carbocycles. The van der Waals surface area contributed by atoms with Crippen LogP contribution >= 0.6 is 0 Å². The summed E-state index contributed by atoms with van der Waals surface area (Å²) in [7, 11) is -2.92. The minimum atomic E-state index is -2.92. The lowest BCUT2D eigenvalue weighted by Gasteiger charge is -1.94. The number of sulfone groups is 1. The second kappa shape index (κ2) is 2.26. The SMILES string of the molecule is Cc1ncc2c(n1)CS(=O)(=O)C2. The molecule has 1 aliphatic rings. The molecule has 0 radical (unpaired) electrons. The Morgan fingerprint density at radius 3 is 2.92 bits per heavy atom. The van der Waals surface area contributed by atoms with Crippen LogP contribution in [-0.2, 0) is 21.3 Å². The van der Waals surface area contributed by atoms with Gasteiger partial charge in [0, 0.05) is 11.8 Å². The van der Waals surface area contributed by atoms with Gasteiger partial charge in [-0.1, -0.05) is 0 Å². The molecule has 0 fully saturated rings. The topological polar surface area (TPSA) is 59.9 Å². The maximum Gasteiger partial charge on any atom is 0.160 e. The summed E-state index contributed by atoms with van der Waals surface area (Å²) in [6.45, 7) is 1.76. The fourth-order valence-corrected chi connectivity index (χ4v) is 2.77. The predicted octanol–water partition coefficient (Wildman–Crippen LogP) is 0.213. The average molecular weight is 184 g/mol. The van der Waals surface area contributed by atoms with Crippen molar-refractivity contribution in [1.82, 2.24) is 9.97 Å². The molecule has 0 saturated heterocycles. The maximum absolute atomic E-state index is 11.1. The lowest BCUT2D eigenvalue weighted by Crippen LogP contribution is -1.96. The molecule has 64 valence electrons. The van der Waals surface area contributed by atoms with Crippen LogP contribution in [0.2, 0.25) is 0 Å². The summed E-state index contributed by atoms with van der Waals surface area (Å²) in [5.41, 5.74) is 1.42. The molecule has 2 rings (SSSR count). The van der Waals surface area contributed by atoms with Crippen molar-refractivity contribution in [1.29, 1.82) is 0 Å². The van der Waals surface area contributed by atoms with Crippen molar-refractivity contribution in [2.75, 3.05) is 0 Å². The molecule has 1 aliphatic heterocycles. The Kier molecular flexibility index (Phi) is 1.44. The van der Waals surface area contributed by atoms with Gasteiger partial charge in [0.05, 0.1) is 17.2 Å². The lowest BCUT2D eigenvalue weighted by molar-refractivity contribution is 0.597. The van der Waals surface area contributed by atoms with Crippen LogP contribution < -0.4 is 0 Å². The number of fused-ring (bicyclic) bond motifs is 1. The molecule has 2 heterocycles. The van der Waals surface area contributed by atoms with Crippen molar-refractivity contribution in [3.05, 3.63) is 23.3 Å². The fourth-order valence-electron chi connectivity index (χ4n) is 1.28. The van der Waals surface area contributed by atoms with Crippen LogP contribution in [0.25, 0.3) is 0 Å². The number of aromatic nitrogens is 2. The van der Waals surface area contributed by atoms with E-state index in [0.29, 0.717) is 11.5 Å². The Balaban J connectivity index is 2.56. The first kappa shape index (κ1) is 7.67. The van der Waals surface area contributed by atoms with E-state index in [0.717, 1.165) is 5.56 Å². The lowest BCUT2D eigenvalue weighted by atomic mass is 10.3. The van der Waals surface area contributed by atoms with Crippen LogP contribution in [0.1, 0.15) is 17.1 Å². The van der Waals surface area contributed by atoms with Gasteiger partial charge >= 0.3 is 0 Å². The van der Waals surface area contributed by atoms with Gasteiger partial charge in [0.15, 0.2) is 9.84 Å². The predicted molar refractivity (Wildman–Crippen MR) is 43.1 cm³/mol. The first-order chi connectivity index (χ1) is 5.57. The second-order valence-corrected chi connectivity index (χ2v) is 4.99. The second-order valence-electron chi connectivity index (χ2n) is 2.92. The summed E-state index contributed by atoms with van der Waals surface area (Å²) in [5.74, 6) is 0.805. The number of aryl methyl sites for hydroxylation is 1. The van der Waals surface area contributed by atoms with Gasteiger partial charge in [0.1, 0.15) is 5.82 Å². The standard InChI is InChI=1S/C7H8N2O2S/c1-5-8-2-6-3-12(10,11)4-7(6)9-5/h2H,3-4H2,1H3. The Hall–Kier alpha value is -0.970. The highest BCUT2D eigenvalue weighted by atomic mass is 32.2. The quantitative estimate of drug-likeness (QED) is 0.578. The molecule has 5 heteroatoms. The van der Waals surface area contributed by atoms with Gasteiger partial charge in [-0.2, -0.15) is 0 Å². The highest BCUT2D eigenvalue weighted by Crippen LogP contribution is 2.21. The van der Waals surface area contributed by atoms with E-state index in [1.165, 1.54) is 0 Å². The van der Waals surface area contributed by atoms with E-state index in [1.54, 1.807) is 13.1 Å². The van der Waals surface area contributed by atoms with Gasteiger partial charge in [-0.15, -0.1) is 0 Å². The molecular formula is C7H8N2O2S. The zero-order chi connectivity index (χ0) is 8.77. The molecule has 0 N–H and O–H groups in total. The smallest absolute Gasteiger partial charge is 0.160 e. The Morgan fingerprint density at radius 1 is 1.42 bits per heavy atom. The molecule has 1 aromatic heterocycles. The van der Waals surface area contributed by atoms with Crippen molar-refractivity contribution in [2.45, 2.75) is 18.4 Å². The first-order valence-electron chi connectivity index (χ1n) is 3.59. The molecular weight excluding hydrogens is 176 g/mol. The minimum absolute atomic E-state index is 0.0751. The third kappa shape index (κ3) is 1.20. The Morgan fingerprint density at radius 2 is 2.17 bits per heavy atom. The Labute approximate surface area is 70.6 Å². The van der Waals surface area contributed by atoms with E-state index >= 15 is 0 Å². The van der Waals surface area contributed by atoms with E-state index in [4.69, 9.17) is 0 Å². The van der Waals surface area contributed by atoms with Gasteiger partial charge < -0.3 is 0 Å². The molecule has 0 amide bonds. The number of nitrogens with zero attached hydrogens (tertiary/aromatic N) is 2. The van der Waals surface area contributed by atoms with Crippen LogP contribution in [0, 0.1) is 6.92 Å². The maximum atomic E-state index is 11.1. The van der Waals surface area contributed by atoms with Gasteiger partial charge in [0.2, 0.25) is 0 Å². The van der Waals surface area contributed by atoms with Crippen LogP contribution in [0.5, 0.6) is 0 Å². The van der Waals surface area contributed by atoms with Gasteiger partial charge in [-0.05, 0) is 6.92 Å². The fraction of sp³-hybridized carbons (Fsp3) is 0.429. The van der Waals surface area contributed by atoms with Crippen molar-refractivity contribution < 1.29 is 8.42 Å². The normalized spacial score (nSPS) is 19.1. The van der Waals surface area contributed by atoms with E-state index in [2.05, 4.69) is 9.97 Å². The first-order valence-corrected chi connectivity index (χ1v) is 5.41. The molecule has 4 nitrogen and oxygen atoms in total. The van der Waals surface area contributed by atoms with Crippen LogP contribution in [0.4, 0.5) is 0 Å². The Bertz CT molecular complexity index is 425. The largest absolute Gasteiger partial charge is 0.241 e. The third-order valence-electron chi connectivity index (χ3n) is 1.81. The van der Waals surface area contributed by atoms with Crippen LogP contribution in [-0.4, -0.2) is 18.4 Å². The molecule has 0 bridgehead atoms. The number of hydrogen-bond donors (Lipinski definition) is 0. The highest BCUT2D eigenvalue weighted by molar-refractivity contribution is 7.90. The minimum Gasteiger partial charge on any atom is -0.241 e. The molecule has 0 saturated carbocycles. The summed E-state index contributed by atoms with van der Waals surface area (Å²) < 4.78 is 22.3. The molecule has 0 spiro atoms. The summed E-state index contributed by atoms with van der Waals surface area (Å²) >= 11 is 0. The van der Waals surface area contributed by atoms with Crippen LogP contribution in [0.15, 0.2) is 6.20 Å². The van der Waals surface area contributed by atoms with E-state index in [-0.39, 0.29) is 11.5 Å². The summed E-state index contributed by atoms with van der Waals surface area (Å²) in [5, 5.41) is 0. The van der Waals surface area contributed by atoms with E-state index in [1.807, 2.05) is 0 Å². The third-order valence-corrected chi connectivity index (χ3v) is 3.27. The highest BCUT2D eigenvalue weighted by Gasteiger charge is 2.25. The van der Waals surface area contributed by atoms with E-state index < -0.39 is 9.84 Å². The van der Waals surface area contributed by atoms with Crippen LogP contribution in [0.3, 0.4) is 0 Å². The summed E-state index contributed by atoms with van der Waals surface area (Å²) in [6.07, 6.45) is 1.60. The van der Waals surface area contributed by atoms with Crippen molar-refractivity contribution in [3.8, 4) is 0 Å². The zero-order valence-corrected chi connectivity index (χ0v) is 7.43. The monoisotopic (exact) mass is 184 g/mol. The zero-order valence-electron chi connectivity index (χ0n) is 6.61. The summed E-state index contributed by atoms with van der Waals surface area (Å²) in [4.78, 5) is 8.00. The van der Waals surface area contributed by atoms with Crippen molar-refractivity contribution in [3.63, 3.8) is 0 Å². The molecule has 0 atom stereocenters. The molecule has 12 heavy (non-hydrogen) atoms. The van der Waals surface area contributed by atoms with Crippen molar-refractivity contribution >= 4 is 9.84 Å².